The maximum absolute atomic E-state index is 8.96. The lowest BCUT2D eigenvalue weighted by Gasteiger charge is -2.07. The summed E-state index contributed by atoms with van der Waals surface area (Å²) in [5.74, 6) is 0.788. The van der Waals surface area contributed by atoms with Crippen molar-refractivity contribution in [2.24, 2.45) is 5.92 Å². The number of hydrogen-bond donors (Lipinski definition) is 1. The van der Waals surface area contributed by atoms with Crippen LogP contribution < -0.4 is 5.32 Å². The predicted molar refractivity (Wildman–Crippen MR) is 64.7 cm³/mol. The molecule has 1 aromatic carbocycles. The van der Waals surface area contributed by atoms with Crippen molar-refractivity contribution >= 4 is 21.6 Å². The van der Waals surface area contributed by atoms with E-state index in [2.05, 4.69) is 34.2 Å². The van der Waals surface area contributed by atoms with Crippen molar-refractivity contribution in [2.45, 2.75) is 25.8 Å². The fraction of sp³-hybridized carbons (Fsp3) is 0.417. The summed E-state index contributed by atoms with van der Waals surface area (Å²) in [6, 6.07) is 8.49. The molecule has 0 radical (unpaired) electrons. The zero-order valence-corrected chi connectivity index (χ0v) is 10.2. The maximum atomic E-state index is 8.96. The topological polar surface area (TPSA) is 35.8 Å². The average molecular weight is 265 g/mol. The number of anilines is 1. The fourth-order valence-electron chi connectivity index (χ4n) is 1.81. The van der Waals surface area contributed by atoms with Crippen LogP contribution in [0.25, 0.3) is 0 Å². The van der Waals surface area contributed by atoms with Crippen molar-refractivity contribution in [1.29, 1.82) is 5.26 Å². The molecule has 15 heavy (non-hydrogen) atoms. The third kappa shape index (κ3) is 2.32. The van der Waals surface area contributed by atoms with E-state index in [1.807, 2.05) is 18.2 Å². The molecule has 2 unspecified atom stereocenters. The molecule has 0 spiro atoms. The summed E-state index contributed by atoms with van der Waals surface area (Å²) >= 11 is 3.42. The lowest BCUT2D eigenvalue weighted by atomic mass is 10.2. The molecule has 1 fully saturated rings. The highest BCUT2D eigenvalue weighted by molar-refractivity contribution is 9.10. The Morgan fingerprint density at radius 1 is 1.60 bits per heavy atom. The lowest BCUT2D eigenvalue weighted by Crippen LogP contribution is -2.05. The normalized spacial score (nSPS) is 23.3. The molecule has 2 rings (SSSR count). The molecule has 1 aliphatic rings. The summed E-state index contributed by atoms with van der Waals surface area (Å²) in [7, 11) is 0. The highest BCUT2D eigenvalue weighted by Crippen LogP contribution is 2.37. The molecule has 0 amide bonds. The minimum Gasteiger partial charge on any atom is -0.381 e. The van der Waals surface area contributed by atoms with E-state index < -0.39 is 0 Å². The Hall–Kier alpha value is -1.01. The fourth-order valence-corrected chi connectivity index (χ4v) is 2.17. The molecule has 0 bridgehead atoms. The van der Waals surface area contributed by atoms with Crippen molar-refractivity contribution in [2.75, 3.05) is 5.32 Å². The number of rotatable bonds is 3. The van der Waals surface area contributed by atoms with Gasteiger partial charge in [0.2, 0.25) is 0 Å². The van der Waals surface area contributed by atoms with Gasteiger partial charge in [-0.1, -0.05) is 29.3 Å². The second-order valence-electron chi connectivity index (χ2n) is 3.96. The molecule has 1 aliphatic carbocycles. The van der Waals surface area contributed by atoms with Crippen LogP contribution in [0.4, 0.5) is 5.69 Å². The van der Waals surface area contributed by atoms with Gasteiger partial charge in [-0.3, -0.25) is 0 Å². The van der Waals surface area contributed by atoms with E-state index in [1.54, 1.807) is 0 Å². The largest absolute Gasteiger partial charge is 0.381 e. The van der Waals surface area contributed by atoms with Crippen LogP contribution in [0.3, 0.4) is 0 Å². The number of nitrogens with one attached hydrogen (secondary N) is 1. The Balaban J connectivity index is 2.14. The van der Waals surface area contributed by atoms with Gasteiger partial charge >= 0.3 is 0 Å². The Bertz CT molecular complexity index is 409. The Kier molecular flexibility index (Phi) is 2.97. The molecule has 0 heterocycles. The Morgan fingerprint density at radius 2 is 2.40 bits per heavy atom. The highest BCUT2D eigenvalue weighted by Gasteiger charge is 2.35. The molecule has 1 aromatic rings. The minimum absolute atomic E-state index is 0.566. The Labute approximate surface area is 98.4 Å². The van der Waals surface area contributed by atoms with E-state index in [1.165, 1.54) is 12.8 Å². The number of hydrogen-bond acceptors (Lipinski definition) is 2. The van der Waals surface area contributed by atoms with Crippen molar-refractivity contribution in [1.82, 2.24) is 0 Å². The molecule has 0 aromatic heterocycles. The molecular weight excluding hydrogens is 252 g/mol. The van der Waals surface area contributed by atoms with Crippen LogP contribution in [0.2, 0.25) is 0 Å². The van der Waals surface area contributed by atoms with Gasteiger partial charge in [0.1, 0.15) is 6.07 Å². The highest BCUT2D eigenvalue weighted by atomic mass is 79.9. The third-order valence-corrected chi connectivity index (χ3v) is 3.38. The van der Waals surface area contributed by atoms with E-state index in [0.29, 0.717) is 6.04 Å². The number of nitrogens with zero attached hydrogens (tertiary/aromatic N) is 1. The average Bonchev–Trinajstić information content (AvgIpc) is 2.97. The number of benzene rings is 1. The van der Waals surface area contributed by atoms with Gasteiger partial charge in [0.25, 0.3) is 0 Å². The first-order chi connectivity index (χ1) is 7.24. The van der Waals surface area contributed by atoms with Gasteiger partial charge < -0.3 is 5.32 Å². The monoisotopic (exact) mass is 264 g/mol. The smallest absolute Gasteiger partial charge is 0.101 e. The molecule has 2 atom stereocenters. The summed E-state index contributed by atoms with van der Waals surface area (Å²) in [5, 5.41) is 12.4. The quantitative estimate of drug-likeness (QED) is 0.907. The van der Waals surface area contributed by atoms with Crippen molar-refractivity contribution in [3.63, 3.8) is 0 Å². The summed E-state index contributed by atoms with van der Waals surface area (Å²) in [6.07, 6.45) is 2.45. The molecule has 78 valence electrons. The first-order valence-electron chi connectivity index (χ1n) is 5.20. The molecule has 0 saturated heterocycles. The van der Waals surface area contributed by atoms with Crippen molar-refractivity contribution in [3.8, 4) is 6.07 Å². The summed E-state index contributed by atoms with van der Waals surface area (Å²) in [4.78, 5) is 0. The van der Waals surface area contributed by atoms with E-state index in [4.69, 9.17) is 5.26 Å². The van der Waals surface area contributed by atoms with Gasteiger partial charge in [0, 0.05) is 10.5 Å². The minimum atomic E-state index is 0.566. The van der Waals surface area contributed by atoms with Crippen LogP contribution in [-0.2, 0) is 0 Å². The van der Waals surface area contributed by atoms with E-state index in [9.17, 15) is 0 Å². The number of nitriles is 1. The molecule has 2 nitrogen and oxygen atoms in total. The molecule has 1 N–H and O–H groups in total. The van der Waals surface area contributed by atoms with E-state index >= 15 is 0 Å². The van der Waals surface area contributed by atoms with Crippen LogP contribution in [-0.4, -0.2) is 6.04 Å². The van der Waals surface area contributed by atoms with Crippen LogP contribution in [0.15, 0.2) is 22.7 Å². The van der Waals surface area contributed by atoms with Crippen LogP contribution in [0, 0.1) is 17.2 Å². The predicted octanol–water partition coefficient (Wildman–Crippen LogP) is 3.53. The van der Waals surface area contributed by atoms with Crippen molar-refractivity contribution < 1.29 is 0 Å². The first kappa shape index (κ1) is 10.5. The second-order valence-corrected chi connectivity index (χ2v) is 4.87. The standard InChI is InChI=1S/C12H13BrN2/c1-2-8-5-11(8)15-12-6-10(13)4-3-9(12)7-14/h3-4,6,8,11,15H,2,5H2,1H3. The van der Waals surface area contributed by atoms with E-state index in [0.717, 1.165) is 21.6 Å². The summed E-state index contributed by atoms with van der Waals surface area (Å²) < 4.78 is 1.01. The number of halogens is 1. The molecular formula is C12H13BrN2. The summed E-state index contributed by atoms with van der Waals surface area (Å²) in [6.45, 7) is 2.21. The van der Waals surface area contributed by atoms with Gasteiger partial charge in [-0.15, -0.1) is 0 Å². The summed E-state index contributed by atoms with van der Waals surface area (Å²) in [5.41, 5.74) is 1.67. The van der Waals surface area contributed by atoms with Gasteiger partial charge in [-0.25, -0.2) is 0 Å². The molecule has 1 saturated carbocycles. The SMILES string of the molecule is CCC1CC1Nc1cc(Br)ccc1C#N. The van der Waals surface area contributed by atoms with Gasteiger partial charge in [-0.05, 0) is 30.5 Å². The molecule has 0 aliphatic heterocycles. The van der Waals surface area contributed by atoms with Gasteiger partial charge in [-0.2, -0.15) is 5.26 Å². The lowest BCUT2D eigenvalue weighted by molar-refractivity contribution is 0.775. The third-order valence-electron chi connectivity index (χ3n) is 2.89. The second kappa shape index (κ2) is 4.24. The zero-order chi connectivity index (χ0) is 10.8. The zero-order valence-electron chi connectivity index (χ0n) is 8.63. The Morgan fingerprint density at radius 3 is 3.00 bits per heavy atom. The van der Waals surface area contributed by atoms with E-state index in [-0.39, 0.29) is 0 Å². The maximum Gasteiger partial charge on any atom is 0.101 e. The van der Waals surface area contributed by atoms with Crippen LogP contribution >= 0.6 is 15.9 Å². The van der Waals surface area contributed by atoms with Gasteiger partial charge in [0.05, 0.1) is 11.3 Å². The molecule has 3 heteroatoms. The van der Waals surface area contributed by atoms with Crippen LogP contribution in [0.5, 0.6) is 0 Å². The first-order valence-corrected chi connectivity index (χ1v) is 6.00. The van der Waals surface area contributed by atoms with Gasteiger partial charge in [0.15, 0.2) is 0 Å². The van der Waals surface area contributed by atoms with Crippen LogP contribution in [0.1, 0.15) is 25.3 Å². The van der Waals surface area contributed by atoms with Crippen molar-refractivity contribution in [3.05, 3.63) is 28.2 Å².